The maximum absolute atomic E-state index is 12.9. The van der Waals surface area contributed by atoms with Crippen LogP contribution in [0.1, 0.15) is 33.0 Å². The number of amides is 1. The van der Waals surface area contributed by atoms with Crippen molar-refractivity contribution in [1.29, 1.82) is 0 Å². The summed E-state index contributed by atoms with van der Waals surface area (Å²) in [7, 11) is 1.58. The van der Waals surface area contributed by atoms with Crippen LogP contribution in [0.5, 0.6) is 5.75 Å². The molecule has 1 aliphatic carbocycles. The quantitative estimate of drug-likeness (QED) is 0.672. The summed E-state index contributed by atoms with van der Waals surface area (Å²) in [5, 5.41) is 7.28. The molecule has 1 saturated carbocycles. The Kier molecular flexibility index (Phi) is 3.97. The molecule has 0 spiro atoms. The van der Waals surface area contributed by atoms with Gasteiger partial charge in [0.05, 0.1) is 37.3 Å². The number of nitrogens with zero attached hydrogens (tertiary/aromatic N) is 4. The van der Waals surface area contributed by atoms with E-state index in [0.29, 0.717) is 23.0 Å². The lowest BCUT2D eigenvalue weighted by Crippen LogP contribution is -2.54. The first-order chi connectivity index (χ1) is 15.8. The van der Waals surface area contributed by atoms with Crippen LogP contribution in [0.3, 0.4) is 0 Å². The Morgan fingerprint density at radius 3 is 3.03 bits per heavy atom. The molecule has 1 amide bonds. The molecule has 3 aromatic rings. The number of benzene rings is 1. The maximum atomic E-state index is 12.9. The van der Waals surface area contributed by atoms with Gasteiger partial charge in [0.15, 0.2) is 11.3 Å². The second kappa shape index (κ2) is 7.60. The molecule has 2 aliphatic rings. The normalized spacial score (nSPS) is 24.3. The summed E-state index contributed by atoms with van der Waals surface area (Å²) in [6.07, 6.45) is 4.93. The molecule has 156 valence electrons. The summed E-state index contributed by atoms with van der Waals surface area (Å²) in [6.45, 7) is -1.57. The number of hydrogen-bond acceptors (Lipinski definition) is 6. The first kappa shape index (κ1) is 15.7. The third-order valence-electron chi connectivity index (χ3n) is 5.94. The van der Waals surface area contributed by atoms with Crippen molar-refractivity contribution < 1.29 is 18.4 Å². The lowest BCUT2D eigenvalue weighted by molar-refractivity contribution is -0.000686. The van der Waals surface area contributed by atoms with Crippen LogP contribution in [0.25, 0.3) is 5.65 Å². The summed E-state index contributed by atoms with van der Waals surface area (Å²) in [6, 6.07) is 8.78. The molecule has 1 saturated heterocycles. The molecule has 30 heavy (non-hydrogen) atoms. The average molecular weight is 410 g/mol. The van der Waals surface area contributed by atoms with Crippen molar-refractivity contribution in [2.75, 3.05) is 25.6 Å². The molecule has 0 unspecified atom stereocenters. The summed E-state index contributed by atoms with van der Waals surface area (Å²) in [4.78, 5) is 18.6. The average Bonchev–Trinajstić information content (AvgIpc) is 3.39. The molecule has 3 atom stereocenters. The van der Waals surface area contributed by atoms with Crippen molar-refractivity contribution in [3.63, 3.8) is 0 Å². The number of imidazole rings is 1. The molecular formula is C22H25N5O3. The standard InChI is InChI=1S/C22H25N5O3/c1-26(13-14-3-5-16(29-2)6-4-14)18-7-9-24-27-19(12-23-21(18)27)22(28)25-17-11-15-8-10-30-20(15)17/h3-7,9,12,15,17,20H,8,10-11,13H2,1-2H3,(H,25,28)/t15-,17-,20-/m1/s1/i1D3. The molecule has 2 aromatic heterocycles. The molecule has 2 fully saturated rings. The zero-order chi connectivity index (χ0) is 23.2. The second-order valence-corrected chi connectivity index (χ2v) is 7.73. The van der Waals surface area contributed by atoms with Gasteiger partial charge in [-0.25, -0.2) is 9.50 Å². The number of anilines is 1. The Morgan fingerprint density at radius 2 is 2.27 bits per heavy atom. The number of methoxy groups -OCH3 is 1. The van der Waals surface area contributed by atoms with E-state index in [2.05, 4.69) is 15.4 Å². The molecule has 5 rings (SSSR count). The van der Waals surface area contributed by atoms with Gasteiger partial charge in [-0.2, -0.15) is 5.10 Å². The summed E-state index contributed by atoms with van der Waals surface area (Å²) in [5.41, 5.74) is 1.71. The van der Waals surface area contributed by atoms with Gasteiger partial charge in [-0.15, -0.1) is 0 Å². The van der Waals surface area contributed by atoms with E-state index in [4.69, 9.17) is 13.6 Å². The number of nitrogens with one attached hydrogen (secondary N) is 1. The lowest BCUT2D eigenvalue weighted by Gasteiger charge is -2.39. The molecule has 3 heterocycles. The molecule has 1 N–H and O–H groups in total. The SMILES string of the molecule is [2H]C([2H])([2H])N(Cc1ccc(OC)cc1)c1ccnn2c(C(=O)N[C@@H]3C[C@H]4CCO[C@H]43)cnc12. The van der Waals surface area contributed by atoms with Crippen molar-refractivity contribution in [3.05, 3.63) is 54.0 Å². The first-order valence-corrected chi connectivity index (χ1v) is 10.0. The van der Waals surface area contributed by atoms with E-state index < -0.39 is 6.98 Å². The fourth-order valence-corrected chi connectivity index (χ4v) is 4.25. The van der Waals surface area contributed by atoms with E-state index in [1.807, 2.05) is 12.1 Å². The van der Waals surface area contributed by atoms with Crippen LogP contribution in [-0.4, -0.2) is 53.3 Å². The summed E-state index contributed by atoms with van der Waals surface area (Å²) < 4.78 is 36.6. The highest BCUT2D eigenvalue weighted by atomic mass is 16.5. The van der Waals surface area contributed by atoms with Crippen molar-refractivity contribution in [2.45, 2.75) is 31.5 Å². The van der Waals surface area contributed by atoms with Crippen LogP contribution in [0.4, 0.5) is 5.69 Å². The summed E-state index contributed by atoms with van der Waals surface area (Å²) in [5.74, 6) is 0.907. The zero-order valence-electron chi connectivity index (χ0n) is 19.6. The number of hydrogen-bond donors (Lipinski definition) is 1. The Balaban J connectivity index is 1.42. The van der Waals surface area contributed by atoms with E-state index >= 15 is 0 Å². The molecule has 1 aliphatic heterocycles. The number of ether oxygens (including phenoxy) is 2. The second-order valence-electron chi connectivity index (χ2n) is 7.73. The van der Waals surface area contributed by atoms with E-state index in [-0.39, 0.29) is 30.3 Å². The number of rotatable bonds is 6. The van der Waals surface area contributed by atoms with Gasteiger partial charge in [-0.05, 0) is 42.5 Å². The van der Waals surface area contributed by atoms with E-state index in [1.165, 1.54) is 21.8 Å². The van der Waals surface area contributed by atoms with Gasteiger partial charge in [0, 0.05) is 24.2 Å². The Labute approximate surface area is 179 Å². The molecule has 1 aromatic carbocycles. The monoisotopic (exact) mass is 410 g/mol. The van der Waals surface area contributed by atoms with Gasteiger partial charge in [-0.1, -0.05) is 12.1 Å². The van der Waals surface area contributed by atoms with Crippen molar-refractivity contribution in [1.82, 2.24) is 19.9 Å². The Morgan fingerprint density at radius 1 is 1.40 bits per heavy atom. The molecule has 8 nitrogen and oxygen atoms in total. The first-order valence-electron chi connectivity index (χ1n) is 11.5. The van der Waals surface area contributed by atoms with Gasteiger partial charge in [0.2, 0.25) is 0 Å². The Hall–Kier alpha value is -3.13. The van der Waals surface area contributed by atoms with Crippen LogP contribution < -0.4 is 15.0 Å². The van der Waals surface area contributed by atoms with Crippen LogP contribution in [0.2, 0.25) is 0 Å². The minimum Gasteiger partial charge on any atom is -0.497 e. The van der Waals surface area contributed by atoms with E-state index in [0.717, 1.165) is 25.0 Å². The fourth-order valence-electron chi connectivity index (χ4n) is 4.25. The van der Waals surface area contributed by atoms with Crippen LogP contribution >= 0.6 is 0 Å². The van der Waals surface area contributed by atoms with Crippen molar-refractivity contribution in [3.8, 4) is 5.75 Å². The highest BCUT2D eigenvalue weighted by Gasteiger charge is 2.46. The molecular weight excluding hydrogens is 382 g/mol. The predicted molar refractivity (Wildman–Crippen MR) is 112 cm³/mol. The largest absolute Gasteiger partial charge is 0.497 e. The smallest absolute Gasteiger partial charge is 0.271 e. The lowest BCUT2D eigenvalue weighted by atomic mass is 9.77. The van der Waals surface area contributed by atoms with Crippen LogP contribution in [0.15, 0.2) is 42.7 Å². The number of carbonyl (C=O) groups is 1. The third-order valence-corrected chi connectivity index (χ3v) is 5.94. The van der Waals surface area contributed by atoms with Crippen molar-refractivity contribution >= 4 is 17.2 Å². The molecule has 8 heteroatoms. The fraction of sp³-hybridized carbons (Fsp3) is 0.409. The van der Waals surface area contributed by atoms with E-state index in [9.17, 15) is 4.79 Å². The van der Waals surface area contributed by atoms with Gasteiger partial charge < -0.3 is 19.7 Å². The predicted octanol–water partition coefficient (Wildman–Crippen LogP) is 2.28. The number of carbonyl (C=O) groups excluding carboxylic acids is 1. The number of aromatic nitrogens is 3. The third kappa shape index (κ3) is 3.27. The minimum atomic E-state index is -2.43. The molecule has 0 radical (unpaired) electrons. The van der Waals surface area contributed by atoms with Crippen LogP contribution in [-0.2, 0) is 11.3 Å². The minimum absolute atomic E-state index is 0.0207. The number of fused-ring (bicyclic) bond motifs is 2. The van der Waals surface area contributed by atoms with Crippen molar-refractivity contribution in [2.24, 2.45) is 5.92 Å². The van der Waals surface area contributed by atoms with Gasteiger partial charge in [-0.3, -0.25) is 4.79 Å². The topological polar surface area (TPSA) is 81.0 Å². The van der Waals surface area contributed by atoms with Gasteiger partial charge in [0.25, 0.3) is 5.91 Å². The maximum Gasteiger partial charge on any atom is 0.271 e. The highest BCUT2D eigenvalue weighted by molar-refractivity contribution is 5.94. The van der Waals surface area contributed by atoms with Gasteiger partial charge in [0.1, 0.15) is 5.75 Å². The molecule has 0 bridgehead atoms. The van der Waals surface area contributed by atoms with E-state index in [1.54, 1.807) is 25.3 Å². The van der Waals surface area contributed by atoms with Crippen LogP contribution in [0, 0.1) is 5.92 Å². The Bertz CT molecular complexity index is 1160. The van der Waals surface area contributed by atoms with Gasteiger partial charge >= 0.3 is 0 Å². The highest BCUT2D eigenvalue weighted by Crippen LogP contribution is 2.38. The summed E-state index contributed by atoms with van der Waals surface area (Å²) >= 11 is 0. The zero-order valence-corrected chi connectivity index (χ0v) is 16.6.